The highest BCUT2D eigenvalue weighted by atomic mass is 35.5. The van der Waals surface area contributed by atoms with Gasteiger partial charge in [0.1, 0.15) is 11.3 Å². The number of nitrogens with one attached hydrogen (secondary N) is 2. The molecular weight excluding hydrogens is 479 g/mol. The molecule has 0 saturated heterocycles. The van der Waals surface area contributed by atoms with Gasteiger partial charge in [0.15, 0.2) is 5.58 Å². The Bertz CT molecular complexity index is 1650. The lowest BCUT2D eigenvalue weighted by Gasteiger charge is -2.13. The molecule has 1 aliphatic heterocycles. The second kappa shape index (κ2) is 9.14. The molecule has 0 radical (unpaired) electrons. The van der Waals surface area contributed by atoms with E-state index in [0.717, 1.165) is 16.8 Å². The number of rotatable bonds is 5. The van der Waals surface area contributed by atoms with E-state index in [2.05, 4.69) is 20.6 Å². The second-order valence-electron chi connectivity index (χ2n) is 8.32. The maximum Gasteiger partial charge on any atom is 0.227 e. The summed E-state index contributed by atoms with van der Waals surface area (Å²) in [5.41, 5.74) is 6.08. The molecule has 7 nitrogen and oxygen atoms in total. The molecule has 3 heterocycles. The van der Waals surface area contributed by atoms with Crippen LogP contribution in [0.15, 0.2) is 76.3 Å². The third-order valence-corrected chi connectivity index (χ3v) is 6.17. The first-order chi connectivity index (χ1) is 17.6. The summed E-state index contributed by atoms with van der Waals surface area (Å²) in [6.07, 6.45) is 1.74. The Morgan fingerprint density at radius 2 is 1.89 bits per heavy atom. The number of hydrogen-bond donors (Lipinski definition) is 2. The molecule has 2 N–H and O–H groups in total. The third kappa shape index (κ3) is 4.00. The van der Waals surface area contributed by atoms with E-state index >= 15 is 0 Å². The lowest BCUT2D eigenvalue weighted by Crippen LogP contribution is -2.07. The first-order valence-electron chi connectivity index (χ1n) is 11.4. The lowest BCUT2D eigenvalue weighted by atomic mass is 9.95. The molecule has 6 rings (SSSR count). The first-order valence-corrected chi connectivity index (χ1v) is 11.7. The molecule has 178 valence electrons. The smallest absolute Gasteiger partial charge is 0.227 e. The van der Waals surface area contributed by atoms with E-state index in [4.69, 9.17) is 26.0 Å². The van der Waals surface area contributed by atoms with Gasteiger partial charge in [0, 0.05) is 33.5 Å². The van der Waals surface area contributed by atoms with Crippen molar-refractivity contribution < 1.29 is 8.81 Å². The fourth-order valence-corrected chi connectivity index (χ4v) is 4.48. The van der Waals surface area contributed by atoms with Crippen LogP contribution in [0.1, 0.15) is 22.6 Å². The Morgan fingerprint density at radius 3 is 2.75 bits per heavy atom. The predicted octanol–water partition coefficient (Wildman–Crippen LogP) is 5.89. The highest BCUT2D eigenvalue weighted by Crippen LogP contribution is 2.34. The Hall–Kier alpha value is -4.14. The van der Waals surface area contributed by atoms with Crippen molar-refractivity contribution in [2.45, 2.75) is 13.1 Å². The van der Waals surface area contributed by atoms with Crippen LogP contribution in [0.3, 0.4) is 0 Å². The van der Waals surface area contributed by atoms with Crippen molar-refractivity contribution in [1.29, 1.82) is 0 Å². The summed E-state index contributed by atoms with van der Waals surface area (Å²) in [5.74, 6) is 0.641. The summed E-state index contributed by atoms with van der Waals surface area (Å²) in [7, 11) is 1.84. The lowest BCUT2D eigenvalue weighted by molar-refractivity contribution is 0.511. The van der Waals surface area contributed by atoms with E-state index < -0.39 is 0 Å². The van der Waals surface area contributed by atoms with E-state index in [0.29, 0.717) is 63.6 Å². The summed E-state index contributed by atoms with van der Waals surface area (Å²) in [5, 5.41) is 6.85. The molecule has 2 aromatic heterocycles. The summed E-state index contributed by atoms with van der Waals surface area (Å²) in [6, 6.07) is 17.7. The Labute approximate surface area is 211 Å². The van der Waals surface area contributed by atoms with Crippen molar-refractivity contribution in [3.8, 4) is 11.3 Å². The van der Waals surface area contributed by atoms with Gasteiger partial charge in [-0.25, -0.2) is 19.3 Å². The molecule has 36 heavy (non-hydrogen) atoms. The van der Waals surface area contributed by atoms with Gasteiger partial charge in [-0.2, -0.15) is 0 Å². The minimum Gasteiger partial charge on any atom is -0.439 e. The van der Waals surface area contributed by atoms with Crippen molar-refractivity contribution in [3.63, 3.8) is 0 Å². The van der Waals surface area contributed by atoms with Gasteiger partial charge in [-0.1, -0.05) is 35.9 Å². The SMILES string of the molecule is CNCc1nc2c(Nc3ncc4c(n3)-c3ccc(Cl)cc3C(c3ccccc3F)=NC4)cccc2o1. The largest absolute Gasteiger partial charge is 0.439 e. The zero-order valence-corrected chi connectivity index (χ0v) is 20.0. The number of para-hydroxylation sites is 1. The molecule has 0 atom stereocenters. The Balaban J connectivity index is 1.43. The van der Waals surface area contributed by atoms with Gasteiger partial charge < -0.3 is 15.1 Å². The quantitative estimate of drug-likeness (QED) is 0.314. The molecule has 0 bridgehead atoms. The van der Waals surface area contributed by atoms with Gasteiger partial charge in [0.05, 0.1) is 30.2 Å². The van der Waals surface area contributed by atoms with E-state index in [1.54, 1.807) is 36.5 Å². The Kier molecular flexibility index (Phi) is 5.67. The molecule has 0 saturated carbocycles. The maximum absolute atomic E-state index is 14.7. The van der Waals surface area contributed by atoms with Crippen molar-refractivity contribution in [2.75, 3.05) is 12.4 Å². The van der Waals surface area contributed by atoms with E-state index in [1.807, 2.05) is 31.3 Å². The normalized spacial score (nSPS) is 12.6. The van der Waals surface area contributed by atoms with E-state index in [-0.39, 0.29) is 5.82 Å². The summed E-state index contributed by atoms with van der Waals surface area (Å²) >= 11 is 6.35. The predicted molar refractivity (Wildman–Crippen MR) is 138 cm³/mol. The number of nitrogens with zero attached hydrogens (tertiary/aromatic N) is 4. The van der Waals surface area contributed by atoms with Gasteiger partial charge in [-0.3, -0.25) is 4.99 Å². The molecule has 5 aromatic rings. The number of aliphatic imine (C=N–C) groups is 1. The fraction of sp³-hybridized carbons (Fsp3) is 0.111. The molecule has 0 spiro atoms. The minimum absolute atomic E-state index is 0.303. The maximum atomic E-state index is 14.7. The van der Waals surface area contributed by atoms with Gasteiger partial charge in [-0.05, 0) is 43.4 Å². The highest BCUT2D eigenvalue weighted by Gasteiger charge is 2.23. The minimum atomic E-state index is -0.347. The van der Waals surface area contributed by atoms with Crippen molar-refractivity contribution >= 4 is 40.0 Å². The number of aromatic nitrogens is 3. The summed E-state index contributed by atoms with van der Waals surface area (Å²) < 4.78 is 20.5. The van der Waals surface area contributed by atoms with Gasteiger partial charge in [0.2, 0.25) is 11.8 Å². The Morgan fingerprint density at radius 1 is 1.00 bits per heavy atom. The number of oxazole rings is 1. The van der Waals surface area contributed by atoms with Crippen LogP contribution in [0, 0.1) is 5.82 Å². The molecule has 0 fully saturated rings. The van der Waals surface area contributed by atoms with Crippen molar-refractivity contribution in [1.82, 2.24) is 20.3 Å². The second-order valence-corrected chi connectivity index (χ2v) is 8.75. The summed E-state index contributed by atoms with van der Waals surface area (Å²) in [4.78, 5) is 18.7. The standard InChI is InChI=1S/C27H20ClFN6O/c1-30-14-23-34-26-21(7-4-8-22(26)36-23)33-27-32-13-15-12-31-25(18-5-2-3-6-20(18)29)19-11-16(28)9-10-17(19)24(15)35-27/h2-11,13,30H,12,14H2,1H3,(H,32,33,35). The van der Waals surface area contributed by atoms with Gasteiger partial charge >= 0.3 is 0 Å². The van der Waals surface area contributed by atoms with Crippen LogP contribution in [0.25, 0.3) is 22.4 Å². The van der Waals surface area contributed by atoms with Crippen LogP contribution in [-0.4, -0.2) is 27.7 Å². The average molecular weight is 499 g/mol. The zero-order valence-electron chi connectivity index (χ0n) is 19.2. The van der Waals surface area contributed by atoms with E-state index in [1.165, 1.54) is 6.07 Å². The average Bonchev–Trinajstić information content (AvgIpc) is 3.23. The molecule has 3 aromatic carbocycles. The van der Waals surface area contributed by atoms with Crippen molar-refractivity contribution in [3.05, 3.63) is 100 Å². The fourth-order valence-electron chi connectivity index (χ4n) is 4.31. The molecule has 1 aliphatic rings. The van der Waals surface area contributed by atoms with Gasteiger partial charge in [-0.15, -0.1) is 0 Å². The molecule has 0 unspecified atom stereocenters. The zero-order chi connectivity index (χ0) is 24.6. The topological polar surface area (TPSA) is 88.2 Å². The van der Waals surface area contributed by atoms with Crippen LogP contribution in [0.5, 0.6) is 0 Å². The van der Waals surface area contributed by atoms with Crippen LogP contribution in [0.2, 0.25) is 5.02 Å². The van der Waals surface area contributed by atoms with E-state index in [9.17, 15) is 4.39 Å². The molecular formula is C27H20ClFN6O. The van der Waals surface area contributed by atoms with Crippen LogP contribution in [0.4, 0.5) is 16.0 Å². The van der Waals surface area contributed by atoms with Crippen molar-refractivity contribution in [2.24, 2.45) is 4.99 Å². The monoisotopic (exact) mass is 498 g/mol. The number of fused-ring (bicyclic) bond motifs is 4. The van der Waals surface area contributed by atoms with Crippen LogP contribution in [-0.2, 0) is 13.1 Å². The van der Waals surface area contributed by atoms with Gasteiger partial charge in [0.25, 0.3) is 0 Å². The molecule has 0 amide bonds. The number of halogens is 2. The number of benzene rings is 3. The molecule has 9 heteroatoms. The van der Waals surface area contributed by atoms with Crippen LogP contribution < -0.4 is 10.6 Å². The molecule has 0 aliphatic carbocycles. The third-order valence-electron chi connectivity index (χ3n) is 5.93. The number of hydrogen-bond acceptors (Lipinski definition) is 7. The van der Waals surface area contributed by atoms with Crippen LogP contribution >= 0.6 is 11.6 Å². The highest BCUT2D eigenvalue weighted by molar-refractivity contribution is 6.31. The summed E-state index contributed by atoms with van der Waals surface area (Å²) in [6.45, 7) is 0.824. The number of anilines is 2. The first kappa shape index (κ1) is 22.3.